The Bertz CT molecular complexity index is 585. The van der Waals surface area contributed by atoms with Gasteiger partial charge in [-0.2, -0.15) is 4.31 Å². The molecule has 0 aliphatic carbocycles. The Morgan fingerprint density at radius 2 is 2.05 bits per heavy atom. The number of rotatable bonds is 5. The maximum absolute atomic E-state index is 12.2. The molecule has 7 nitrogen and oxygen atoms in total. The topological polar surface area (TPSA) is 101 Å². The highest BCUT2D eigenvalue weighted by atomic mass is 32.2. The Kier molecular flexibility index (Phi) is 4.48. The number of nitro benzene ring substituents is 1. The van der Waals surface area contributed by atoms with Crippen LogP contribution in [-0.2, 0) is 10.0 Å². The van der Waals surface area contributed by atoms with Crippen molar-refractivity contribution in [2.75, 3.05) is 7.05 Å². The van der Waals surface area contributed by atoms with Crippen LogP contribution in [-0.4, -0.2) is 35.8 Å². The van der Waals surface area contributed by atoms with E-state index in [1.54, 1.807) is 6.92 Å². The molecular weight excluding hydrogens is 272 g/mol. The first-order valence-corrected chi connectivity index (χ1v) is 7.11. The molecule has 0 fully saturated rings. The van der Waals surface area contributed by atoms with Crippen molar-refractivity contribution in [3.05, 3.63) is 28.3 Å². The van der Waals surface area contributed by atoms with Gasteiger partial charge in [-0.25, -0.2) is 8.42 Å². The van der Waals surface area contributed by atoms with Gasteiger partial charge < -0.3 is 5.11 Å². The number of hydrogen-bond donors (Lipinski definition) is 1. The van der Waals surface area contributed by atoms with Gasteiger partial charge in [0.1, 0.15) is 0 Å². The minimum absolute atomic E-state index is 0.209. The van der Waals surface area contributed by atoms with Gasteiger partial charge in [-0.15, -0.1) is 0 Å². The Morgan fingerprint density at radius 1 is 1.47 bits per heavy atom. The van der Waals surface area contributed by atoms with Crippen LogP contribution in [0.4, 0.5) is 5.69 Å². The fraction of sp³-hybridized carbons (Fsp3) is 0.455. The predicted octanol–water partition coefficient (Wildman–Crippen LogP) is 1.72. The molecule has 1 rings (SSSR count). The number of sulfonamides is 1. The number of benzene rings is 1. The molecule has 1 aromatic rings. The van der Waals surface area contributed by atoms with E-state index in [-0.39, 0.29) is 10.9 Å². The molecule has 0 aromatic heterocycles. The summed E-state index contributed by atoms with van der Waals surface area (Å²) >= 11 is 0. The highest BCUT2D eigenvalue weighted by molar-refractivity contribution is 7.89. The molecule has 1 N–H and O–H groups in total. The van der Waals surface area contributed by atoms with E-state index in [0.717, 1.165) is 22.5 Å². The van der Waals surface area contributed by atoms with E-state index >= 15 is 0 Å². The van der Waals surface area contributed by atoms with Crippen molar-refractivity contribution in [2.45, 2.75) is 31.2 Å². The third kappa shape index (κ3) is 3.02. The van der Waals surface area contributed by atoms with Gasteiger partial charge in [0.15, 0.2) is 5.75 Å². The lowest BCUT2D eigenvalue weighted by molar-refractivity contribution is -0.386. The fourth-order valence-corrected chi connectivity index (χ4v) is 2.93. The third-order valence-corrected chi connectivity index (χ3v) is 5.00. The van der Waals surface area contributed by atoms with Crippen molar-refractivity contribution in [1.82, 2.24) is 4.31 Å². The second-order valence-electron chi connectivity index (χ2n) is 4.19. The number of hydrogen-bond acceptors (Lipinski definition) is 5. The van der Waals surface area contributed by atoms with Crippen LogP contribution in [0.3, 0.4) is 0 Å². The second kappa shape index (κ2) is 5.54. The largest absolute Gasteiger partial charge is 0.502 e. The molecule has 0 spiro atoms. The smallest absolute Gasteiger partial charge is 0.312 e. The molecular formula is C11H16N2O5S. The summed E-state index contributed by atoms with van der Waals surface area (Å²) < 4.78 is 25.6. The van der Waals surface area contributed by atoms with E-state index in [1.807, 2.05) is 6.92 Å². The molecule has 0 radical (unpaired) electrons. The second-order valence-corrected chi connectivity index (χ2v) is 6.18. The van der Waals surface area contributed by atoms with Gasteiger partial charge in [0, 0.05) is 19.2 Å². The van der Waals surface area contributed by atoms with E-state index < -0.39 is 26.4 Å². The van der Waals surface area contributed by atoms with E-state index in [1.165, 1.54) is 7.05 Å². The van der Waals surface area contributed by atoms with E-state index in [9.17, 15) is 23.6 Å². The summed E-state index contributed by atoms with van der Waals surface area (Å²) in [5.41, 5.74) is -0.626. The van der Waals surface area contributed by atoms with Gasteiger partial charge in [0.25, 0.3) is 0 Å². The normalized spacial score (nSPS) is 13.5. The van der Waals surface area contributed by atoms with Crippen LogP contribution in [0.5, 0.6) is 5.75 Å². The van der Waals surface area contributed by atoms with Gasteiger partial charge in [-0.1, -0.05) is 6.92 Å². The predicted molar refractivity (Wildman–Crippen MR) is 69.5 cm³/mol. The van der Waals surface area contributed by atoms with Crippen molar-refractivity contribution in [3.63, 3.8) is 0 Å². The first-order chi connectivity index (χ1) is 8.71. The summed E-state index contributed by atoms with van der Waals surface area (Å²) in [6.45, 7) is 3.59. The van der Waals surface area contributed by atoms with E-state index in [2.05, 4.69) is 0 Å². The molecule has 1 aromatic carbocycles. The van der Waals surface area contributed by atoms with Gasteiger partial charge in [-0.3, -0.25) is 10.1 Å². The van der Waals surface area contributed by atoms with Crippen LogP contribution in [0.1, 0.15) is 20.3 Å². The van der Waals surface area contributed by atoms with Crippen LogP contribution in [0, 0.1) is 10.1 Å². The van der Waals surface area contributed by atoms with Crippen molar-refractivity contribution < 1.29 is 18.4 Å². The van der Waals surface area contributed by atoms with Crippen LogP contribution < -0.4 is 0 Å². The highest BCUT2D eigenvalue weighted by Crippen LogP contribution is 2.29. The zero-order valence-corrected chi connectivity index (χ0v) is 11.7. The zero-order valence-electron chi connectivity index (χ0n) is 10.9. The van der Waals surface area contributed by atoms with Gasteiger partial charge in [0.2, 0.25) is 10.0 Å². The minimum atomic E-state index is -3.81. The molecule has 0 heterocycles. The van der Waals surface area contributed by atoms with Crippen molar-refractivity contribution in [1.29, 1.82) is 0 Å². The lowest BCUT2D eigenvalue weighted by Crippen LogP contribution is -2.34. The first kappa shape index (κ1) is 15.4. The third-order valence-electron chi connectivity index (χ3n) is 3.03. The molecule has 0 bridgehead atoms. The minimum Gasteiger partial charge on any atom is -0.502 e. The van der Waals surface area contributed by atoms with Gasteiger partial charge in [-0.05, 0) is 25.5 Å². The van der Waals surface area contributed by atoms with Crippen molar-refractivity contribution in [3.8, 4) is 5.75 Å². The highest BCUT2D eigenvalue weighted by Gasteiger charge is 2.27. The summed E-state index contributed by atoms with van der Waals surface area (Å²) in [7, 11) is -2.39. The Morgan fingerprint density at radius 3 is 2.53 bits per heavy atom. The van der Waals surface area contributed by atoms with Crippen LogP contribution in [0.2, 0.25) is 0 Å². The van der Waals surface area contributed by atoms with E-state index in [4.69, 9.17) is 0 Å². The number of aromatic hydroxyl groups is 1. The lowest BCUT2D eigenvalue weighted by atomic mass is 10.3. The molecule has 8 heteroatoms. The monoisotopic (exact) mass is 288 g/mol. The molecule has 0 saturated carbocycles. The molecule has 0 amide bonds. The number of phenols is 1. The number of phenolic OH excluding ortho intramolecular Hbond substituents is 1. The number of nitrogens with zero attached hydrogens (tertiary/aromatic N) is 2. The Balaban J connectivity index is 3.30. The molecule has 0 aliphatic heterocycles. The van der Waals surface area contributed by atoms with Gasteiger partial charge in [0.05, 0.1) is 9.82 Å². The van der Waals surface area contributed by atoms with E-state index in [0.29, 0.717) is 6.42 Å². The average Bonchev–Trinajstić information content (AvgIpc) is 2.36. The SMILES string of the molecule is CCC(C)N(C)S(=O)(=O)c1ccc(O)c([N+](=O)[O-])c1. The molecule has 106 valence electrons. The number of nitro groups is 1. The summed E-state index contributed by atoms with van der Waals surface area (Å²) in [5, 5.41) is 20.0. The Hall–Kier alpha value is -1.67. The first-order valence-electron chi connectivity index (χ1n) is 5.67. The van der Waals surface area contributed by atoms with Crippen LogP contribution in [0.25, 0.3) is 0 Å². The van der Waals surface area contributed by atoms with Crippen LogP contribution in [0.15, 0.2) is 23.1 Å². The molecule has 1 unspecified atom stereocenters. The molecule has 1 atom stereocenters. The van der Waals surface area contributed by atoms with Crippen molar-refractivity contribution >= 4 is 15.7 Å². The maximum Gasteiger partial charge on any atom is 0.312 e. The molecule has 19 heavy (non-hydrogen) atoms. The maximum atomic E-state index is 12.2. The van der Waals surface area contributed by atoms with Gasteiger partial charge >= 0.3 is 5.69 Å². The zero-order chi connectivity index (χ0) is 14.8. The lowest BCUT2D eigenvalue weighted by Gasteiger charge is -2.23. The van der Waals surface area contributed by atoms with Crippen LogP contribution >= 0.6 is 0 Å². The summed E-state index contributed by atoms with van der Waals surface area (Å²) in [6.07, 6.45) is 0.621. The standard InChI is InChI=1S/C11H16N2O5S/c1-4-8(2)12(3)19(17,18)9-5-6-11(14)10(7-9)13(15)16/h5-8,14H,4H2,1-3H3. The fourth-order valence-electron chi connectivity index (χ4n) is 1.47. The summed E-state index contributed by atoms with van der Waals surface area (Å²) in [5.74, 6) is -0.560. The summed E-state index contributed by atoms with van der Waals surface area (Å²) in [4.78, 5) is 9.67. The quantitative estimate of drug-likeness (QED) is 0.656. The average molecular weight is 288 g/mol. The Labute approximate surface area is 111 Å². The molecule has 0 saturated heterocycles. The molecule has 0 aliphatic rings. The van der Waals surface area contributed by atoms with Crippen molar-refractivity contribution in [2.24, 2.45) is 0 Å². The summed E-state index contributed by atoms with van der Waals surface area (Å²) in [6, 6.07) is 2.80.